The smallest absolute Gasteiger partial charge is 0.270 e. The van der Waals surface area contributed by atoms with Gasteiger partial charge >= 0.3 is 0 Å². The van der Waals surface area contributed by atoms with Crippen LogP contribution in [-0.4, -0.2) is 31.5 Å². The molecule has 2 heterocycles. The second-order valence-electron chi connectivity index (χ2n) is 9.02. The molecule has 4 aromatic carbocycles. The molecule has 0 saturated heterocycles. The molecule has 42 heavy (non-hydrogen) atoms. The fourth-order valence-electron chi connectivity index (χ4n) is 4.10. The summed E-state index contributed by atoms with van der Waals surface area (Å²) in [6.45, 7) is 0.474. The number of benzene rings is 4. The first-order valence-electron chi connectivity index (χ1n) is 12.7. The third-order valence-corrected chi connectivity index (χ3v) is 7.60. The lowest BCUT2D eigenvalue weighted by atomic mass is 10.1. The van der Waals surface area contributed by atoms with Crippen LogP contribution in [0.5, 0.6) is 11.5 Å². The van der Waals surface area contributed by atoms with E-state index in [4.69, 9.17) is 32.9 Å². The molecule has 0 saturated carbocycles. The van der Waals surface area contributed by atoms with E-state index in [0.29, 0.717) is 33.7 Å². The first-order chi connectivity index (χ1) is 20.5. The number of halogens is 2. The number of tetrazole rings is 1. The minimum Gasteiger partial charge on any atom is -0.456 e. The number of amides is 1. The molecule has 1 amide bonds. The molecule has 6 rings (SSSR count). The Balaban J connectivity index is 1.28. The van der Waals surface area contributed by atoms with Gasteiger partial charge in [0.1, 0.15) is 11.5 Å². The first-order valence-corrected chi connectivity index (χ1v) is 14.3. The van der Waals surface area contributed by atoms with Crippen LogP contribution in [0.1, 0.15) is 15.9 Å². The van der Waals surface area contributed by atoms with E-state index in [-0.39, 0.29) is 11.9 Å². The number of hydrogen-bond donors (Lipinski definition) is 2. The van der Waals surface area contributed by atoms with Gasteiger partial charge in [-0.3, -0.25) is 10.1 Å². The molecule has 12 heteroatoms. The maximum atomic E-state index is 12.6. The number of anilines is 3. The van der Waals surface area contributed by atoms with Gasteiger partial charge in [0, 0.05) is 27.2 Å². The van der Waals surface area contributed by atoms with Crippen LogP contribution in [0.2, 0.25) is 10.0 Å². The van der Waals surface area contributed by atoms with Crippen molar-refractivity contribution < 1.29 is 9.53 Å². The lowest BCUT2D eigenvalue weighted by molar-refractivity contribution is 0.102. The van der Waals surface area contributed by atoms with E-state index in [1.165, 1.54) is 11.3 Å². The normalized spacial score (nSPS) is 10.8. The maximum absolute atomic E-state index is 12.6. The Labute approximate surface area is 254 Å². The lowest BCUT2D eigenvalue weighted by Crippen LogP contribution is -2.17. The Bertz CT molecular complexity index is 1800. The van der Waals surface area contributed by atoms with Crippen molar-refractivity contribution in [3.05, 3.63) is 124 Å². The van der Waals surface area contributed by atoms with Gasteiger partial charge in [0.05, 0.1) is 17.3 Å². The second kappa shape index (κ2) is 12.4. The van der Waals surface area contributed by atoms with Gasteiger partial charge in [-0.1, -0.05) is 70.8 Å². The number of aromatic nitrogens is 5. The first kappa shape index (κ1) is 27.4. The average molecular weight is 615 g/mol. The molecule has 0 aliphatic carbocycles. The summed E-state index contributed by atoms with van der Waals surface area (Å²) >= 11 is 14.2. The van der Waals surface area contributed by atoms with Gasteiger partial charge in [-0.2, -0.15) is 5.21 Å². The summed E-state index contributed by atoms with van der Waals surface area (Å²) in [5.74, 6) is 0.912. The maximum Gasteiger partial charge on any atom is 0.270 e. The highest BCUT2D eigenvalue weighted by Gasteiger charge is 2.18. The monoisotopic (exact) mass is 613 g/mol. The largest absolute Gasteiger partial charge is 0.456 e. The second-order valence-corrected chi connectivity index (χ2v) is 10.7. The van der Waals surface area contributed by atoms with E-state index in [9.17, 15) is 4.79 Å². The van der Waals surface area contributed by atoms with E-state index >= 15 is 0 Å². The summed E-state index contributed by atoms with van der Waals surface area (Å²) in [7, 11) is 0. The minimum atomic E-state index is -0.338. The number of nitrogens with zero attached hydrogens (tertiary/aromatic N) is 5. The Kier molecular flexibility index (Phi) is 8.09. The van der Waals surface area contributed by atoms with Crippen molar-refractivity contribution in [3.8, 4) is 22.8 Å². The highest BCUT2D eigenvalue weighted by molar-refractivity contribution is 7.14. The Morgan fingerprint density at radius 2 is 1.74 bits per heavy atom. The van der Waals surface area contributed by atoms with Crippen molar-refractivity contribution >= 4 is 57.2 Å². The van der Waals surface area contributed by atoms with Gasteiger partial charge in [-0.25, -0.2) is 4.98 Å². The third-order valence-electron chi connectivity index (χ3n) is 6.19. The molecule has 0 unspecified atom stereocenters. The molecule has 208 valence electrons. The lowest BCUT2D eigenvalue weighted by Gasteiger charge is -2.23. The van der Waals surface area contributed by atoms with Crippen molar-refractivity contribution in [1.29, 1.82) is 0 Å². The van der Waals surface area contributed by atoms with Gasteiger partial charge < -0.3 is 9.64 Å². The fraction of sp³-hybridized carbons (Fsp3) is 0.0333. The zero-order valence-corrected chi connectivity index (χ0v) is 24.1. The summed E-state index contributed by atoms with van der Waals surface area (Å²) < 4.78 is 5.98. The number of aromatic amines is 1. The zero-order chi connectivity index (χ0) is 28.9. The van der Waals surface area contributed by atoms with Crippen LogP contribution in [0, 0.1) is 0 Å². The predicted molar refractivity (Wildman–Crippen MR) is 165 cm³/mol. The van der Waals surface area contributed by atoms with Crippen LogP contribution in [0.4, 0.5) is 16.8 Å². The van der Waals surface area contributed by atoms with E-state index < -0.39 is 0 Å². The van der Waals surface area contributed by atoms with Gasteiger partial charge in [-0.05, 0) is 65.4 Å². The summed E-state index contributed by atoms with van der Waals surface area (Å²) in [4.78, 5) is 19.6. The molecule has 0 atom stereocenters. The Morgan fingerprint density at radius 1 is 0.952 bits per heavy atom. The van der Waals surface area contributed by atoms with Crippen LogP contribution < -0.4 is 15.0 Å². The topological polar surface area (TPSA) is 109 Å². The molecule has 6 aromatic rings. The summed E-state index contributed by atoms with van der Waals surface area (Å²) in [6.07, 6.45) is 0. The highest BCUT2D eigenvalue weighted by atomic mass is 35.5. The molecule has 0 bridgehead atoms. The average Bonchev–Trinajstić information content (AvgIpc) is 3.72. The van der Waals surface area contributed by atoms with Gasteiger partial charge in [0.15, 0.2) is 5.13 Å². The molecular weight excluding hydrogens is 593 g/mol. The van der Waals surface area contributed by atoms with Gasteiger partial charge in [-0.15, -0.1) is 16.4 Å². The summed E-state index contributed by atoms with van der Waals surface area (Å²) in [5, 5.41) is 19.7. The number of rotatable bonds is 9. The number of H-pyrrole nitrogens is 1. The van der Waals surface area contributed by atoms with Crippen LogP contribution in [-0.2, 0) is 6.54 Å². The van der Waals surface area contributed by atoms with E-state index in [1.807, 2.05) is 66.0 Å². The van der Waals surface area contributed by atoms with Crippen LogP contribution in [0.25, 0.3) is 11.3 Å². The summed E-state index contributed by atoms with van der Waals surface area (Å²) in [6, 6.07) is 30.0. The van der Waals surface area contributed by atoms with Gasteiger partial charge in [0.25, 0.3) is 11.9 Å². The Morgan fingerprint density at radius 3 is 2.45 bits per heavy atom. The van der Waals surface area contributed by atoms with E-state index in [0.717, 1.165) is 27.6 Å². The van der Waals surface area contributed by atoms with Crippen LogP contribution in [0.15, 0.2) is 102 Å². The molecule has 2 aromatic heterocycles. The molecule has 0 aliphatic rings. The molecule has 9 nitrogen and oxygen atoms in total. The highest BCUT2D eigenvalue weighted by Crippen LogP contribution is 2.38. The fourth-order valence-corrected chi connectivity index (χ4v) is 5.30. The van der Waals surface area contributed by atoms with Crippen molar-refractivity contribution in [2.75, 3.05) is 10.2 Å². The van der Waals surface area contributed by atoms with E-state index in [1.54, 1.807) is 36.4 Å². The quantitative estimate of drug-likeness (QED) is 0.170. The van der Waals surface area contributed by atoms with Gasteiger partial charge in [0.2, 0.25) is 0 Å². The number of ether oxygens (including phenoxy) is 1. The molecular formula is C30H21Cl2N7O2S. The van der Waals surface area contributed by atoms with Crippen LogP contribution in [0.3, 0.4) is 0 Å². The van der Waals surface area contributed by atoms with Crippen molar-refractivity contribution in [2.24, 2.45) is 0 Å². The molecule has 2 N–H and O–H groups in total. The van der Waals surface area contributed by atoms with E-state index in [2.05, 4.69) is 30.8 Å². The minimum absolute atomic E-state index is 0.105. The molecule has 0 spiro atoms. The number of nitrogens with one attached hydrogen (secondary N) is 2. The molecule has 0 aliphatic heterocycles. The van der Waals surface area contributed by atoms with Crippen molar-refractivity contribution in [2.45, 2.75) is 6.54 Å². The van der Waals surface area contributed by atoms with Crippen molar-refractivity contribution in [3.63, 3.8) is 0 Å². The molecule has 0 fully saturated rings. The number of carbonyl (C=O) groups excluding carboxylic acids is 1. The third kappa shape index (κ3) is 6.41. The zero-order valence-electron chi connectivity index (χ0n) is 21.7. The predicted octanol–water partition coefficient (Wildman–Crippen LogP) is 8.01. The number of thiazole rings is 1. The standard InChI is InChI=1S/C30H21Cl2N7O2S/c31-22-10-13-24(14-11-22)41-27-15-12-23(16-25(27)32)39(30-33-26(18-42-30)20-4-2-1-3-5-20)17-19-6-8-21(9-7-19)28(40)34-29-35-37-38-36-29/h1-16,18H,17H2,(H2,34,35,36,37,38,40). The summed E-state index contributed by atoms with van der Waals surface area (Å²) in [5.41, 5.74) is 4.16. The number of hydrogen-bond acceptors (Lipinski definition) is 8. The SMILES string of the molecule is O=C(Nc1nn[nH]n1)c1ccc(CN(c2ccc(Oc3ccc(Cl)cc3)c(Cl)c2)c2nc(-c3ccccc3)cs2)cc1. The molecule has 0 radical (unpaired) electrons. The number of carbonyl (C=O) groups is 1. The van der Waals surface area contributed by atoms with Crippen molar-refractivity contribution in [1.82, 2.24) is 25.6 Å². The van der Waals surface area contributed by atoms with Crippen LogP contribution >= 0.6 is 34.5 Å². The Hall–Kier alpha value is -4.77.